The maximum absolute atomic E-state index is 11.7. The van der Waals surface area contributed by atoms with Gasteiger partial charge in [-0.15, -0.1) is 0 Å². The first-order valence-corrected chi connectivity index (χ1v) is 6.52. The lowest BCUT2D eigenvalue weighted by Crippen LogP contribution is -2.47. The summed E-state index contributed by atoms with van der Waals surface area (Å²) in [6.07, 6.45) is 0.639. The molecule has 1 atom stereocenters. The summed E-state index contributed by atoms with van der Waals surface area (Å²) in [5.41, 5.74) is 0.535. The van der Waals surface area contributed by atoms with Crippen molar-refractivity contribution in [3.63, 3.8) is 0 Å². The van der Waals surface area contributed by atoms with E-state index in [2.05, 4.69) is 6.58 Å². The van der Waals surface area contributed by atoms with E-state index in [1.165, 1.54) is 0 Å². The van der Waals surface area contributed by atoms with Gasteiger partial charge in [0.05, 0.1) is 39.6 Å². The molecule has 0 aromatic carbocycles. The lowest BCUT2D eigenvalue weighted by molar-refractivity contribution is -0.890. The topological polar surface area (TPSA) is 57.6 Å². The monoisotopic (exact) mass is 271 g/mol. The molecule has 1 N–H and O–H groups in total. The van der Waals surface area contributed by atoms with Gasteiger partial charge < -0.3 is 14.5 Å². The normalized spacial score (nSPS) is 12.9. The Balaban J connectivity index is 4.20. The fourth-order valence-corrected chi connectivity index (χ4v) is 1.63. The highest BCUT2D eigenvalue weighted by Crippen LogP contribution is 2.08. The summed E-state index contributed by atoms with van der Waals surface area (Å²) in [5.74, 6) is -1.12. The second-order valence-electron chi connectivity index (χ2n) is 5.92. The van der Waals surface area contributed by atoms with Gasteiger partial charge in [0.1, 0.15) is 0 Å². The number of carboxylic acids is 1. The van der Waals surface area contributed by atoms with Crippen molar-refractivity contribution < 1.29 is 19.2 Å². The highest BCUT2D eigenvalue weighted by atomic mass is 16.4. The number of quaternary nitrogens is 1. The van der Waals surface area contributed by atoms with E-state index in [-0.39, 0.29) is 11.8 Å². The second-order valence-corrected chi connectivity index (χ2v) is 5.92. The molecule has 0 bridgehead atoms. The minimum atomic E-state index is -0.755. The Morgan fingerprint density at radius 2 is 1.84 bits per heavy atom. The van der Waals surface area contributed by atoms with Crippen molar-refractivity contribution in [1.82, 2.24) is 4.90 Å². The Morgan fingerprint density at radius 1 is 1.32 bits per heavy atom. The number of aliphatic carboxylic acids is 1. The summed E-state index contributed by atoms with van der Waals surface area (Å²) < 4.78 is 0.700. The molecule has 0 radical (unpaired) electrons. The van der Waals surface area contributed by atoms with Crippen molar-refractivity contribution in [1.29, 1.82) is 0 Å². The van der Waals surface area contributed by atoms with Gasteiger partial charge in [0.15, 0.2) is 0 Å². The molecule has 0 aromatic heterocycles. The summed E-state index contributed by atoms with van der Waals surface area (Å²) in [4.78, 5) is 24.1. The summed E-state index contributed by atoms with van der Waals surface area (Å²) in [6, 6.07) is 0. The third-order valence-electron chi connectivity index (χ3n) is 3.34. The molecule has 0 saturated carbocycles. The van der Waals surface area contributed by atoms with Crippen LogP contribution in [0.5, 0.6) is 0 Å². The first-order chi connectivity index (χ1) is 8.57. The Kier molecular flexibility index (Phi) is 6.76. The largest absolute Gasteiger partial charge is 0.481 e. The van der Waals surface area contributed by atoms with Crippen molar-refractivity contribution in [3.05, 3.63) is 12.2 Å². The van der Waals surface area contributed by atoms with Crippen LogP contribution in [0.4, 0.5) is 0 Å². The number of nitrogens with zero attached hydrogens (tertiary/aromatic N) is 2. The lowest BCUT2D eigenvalue weighted by Gasteiger charge is -2.32. The Bertz CT molecular complexity index is 351. The zero-order valence-corrected chi connectivity index (χ0v) is 12.8. The molecule has 19 heavy (non-hydrogen) atoms. The minimum Gasteiger partial charge on any atom is -0.481 e. The van der Waals surface area contributed by atoms with Gasteiger partial charge in [0.25, 0.3) is 0 Å². The first-order valence-electron chi connectivity index (χ1n) is 6.52. The minimum absolute atomic E-state index is 0.0427. The fraction of sp³-hybridized carbons (Fsp3) is 0.714. The van der Waals surface area contributed by atoms with E-state index < -0.39 is 5.97 Å². The molecule has 5 nitrogen and oxygen atoms in total. The second kappa shape index (κ2) is 7.28. The third-order valence-corrected chi connectivity index (χ3v) is 3.34. The van der Waals surface area contributed by atoms with Crippen LogP contribution in [0.2, 0.25) is 0 Å². The number of carbonyl (C=O) groups is 2. The molecule has 0 rings (SSSR count). The number of carbonyl (C=O) groups excluding carboxylic acids is 1. The van der Waals surface area contributed by atoms with Gasteiger partial charge in [0, 0.05) is 19.0 Å². The van der Waals surface area contributed by atoms with Crippen LogP contribution in [-0.4, -0.2) is 67.1 Å². The molecular weight excluding hydrogens is 244 g/mol. The highest BCUT2D eigenvalue weighted by molar-refractivity contribution is 5.91. The van der Waals surface area contributed by atoms with Crippen molar-refractivity contribution in [2.24, 2.45) is 5.92 Å². The molecule has 0 aromatic rings. The van der Waals surface area contributed by atoms with E-state index in [1.807, 2.05) is 14.1 Å². The SMILES string of the molecule is C=C(C)C(=O)N(C)CC[N+](C)(C)CCC(C)C(=O)O. The van der Waals surface area contributed by atoms with Gasteiger partial charge in [-0.3, -0.25) is 9.59 Å². The van der Waals surface area contributed by atoms with Gasteiger partial charge in [0.2, 0.25) is 5.91 Å². The summed E-state index contributed by atoms with van der Waals surface area (Å²) in [7, 11) is 5.86. The maximum Gasteiger partial charge on any atom is 0.306 e. The predicted octanol–water partition coefficient (Wildman–Crippen LogP) is 1.21. The van der Waals surface area contributed by atoms with Gasteiger partial charge in [-0.25, -0.2) is 0 Å². The van der Waals surface area contributed by atoms with E-state index in [0.717, 1.165) is 13.1 Å². The molecule has 0 aliphatic carbocycles. The van der Waals surface area contributed by atoms with Gasteiger partial charge in [-0.2, -0.15) is 0 Å². The number of hydrogen-bond donors (Lipinski definition) is 1. The average molecular weight is 271 g/mol. The van der Waals surface area contributed by atoms with Crippen molar-refractivity contribution in [2.45, 2.75) is 20.3 Å². The molecule has 0 saturated heterocycles. The van der Waals surface area contributed by atoms with Crippen LogP contribution in [-0.2, 0) is 9.59 Å². The highest BCUT2D eigenvalue weighted by Gasteiger charge is 2.21. The number of carboxylic acid groups (broad SMARTS) is 1. The van der Waals surface area contributed by atoms with E-state index in [9.17, 15) is 9.59 Å². The van der Waals surface area contributed by atoms with E-state index in [0.29, 0.717) is 23.0 Å². The molecule has 0 fully saturated rings. The number of likely N-dealkylation sites (N-methyl/N-ethyl adjacent to an activating group) is 2. The zero-order valence-electron chi connectivity index (χ0n) is 12.8. The standard InChI is InChI=1S/C14H26N2O3/c1-11(2)13(17)15(4)8-10-16(5,6)9-7-12(3)14(18)19/h12H,1,7-10H2,2-6H3/p+1. The Morgan fingerprint density at radius 3 is 2.26 bits per heavy atom. The van der Waals surface area contributed by atoms with E-state index in [4.69, 9.17) is 5.11 Å². The molecule has 0 aliphatic heterocycles. The van der Waals surface area contributed by atoms with Crippen LogP contribution in [0.3, 0.4) is 0 Å². The van der Waals surface area contributed by atoms with Crippen LogP contribution < -0.4 is 0 Å². The lowest BCUT2D eigenvalue weighted by atomic mass is 10.1. The quantitative estimate of drug-likeness (QED) is 0.533. The van der Waals surface area contributed by atoms with Crippen LogP contribution in [0.15, 0.2) is 12.2 Å². The number of rotatable bonds is 8. The molecule has 0 aliphatic rings. The van der Waals surface area contributed by atoms with Crippen molar-refractivity contribution in [3.8, 4) is 0 Å². The smallest absolute Gasteiger partial charge is 0.306 e. The predicted molar refractivity (Wildman–Crippen MR) is 75.7 cm³/mol. The molecule has 1 unspecified atom stereocenters. The van der Waals surface area contributed by atoms with Crippen molar-refractivity contribution in [2.75, 3.05) is 40.8 Å². The first kappa shape index (κ1) is 17.6. The third kappa shape index (κ3) is 6.96. The summed E-state index contributed by atoms with van der Waals surface area (Å²) in [6.45, 7) is 9.27. The molecule has 0 heterocycles. The Hall–Kier alpha value is -1.36. The van der Waals surface area contributed by atoms with Crippen LogP contribution in [0.25, 0.3) is 0 Å². The Labute approximate surface area is 116 Å². The van der Waals surface area contributed by atoms with Gasteiger partial charge >= 0.3 is 5.97 Å². The molecule has 5 heteroatoms. The zero-order chi connectivity index (χ0) is 15.2. The summed E-state index contributed by atoms with van der Waals surface area (Å²) in [5, 5.41) is 8.86. The van der Waals surface area contributed by atoms with Gasteiger partial charge in [-0.05, 0) is 6.92 Å². The summed E-state index contributed by atoms with van der Waals surface area (Å²) >= 11 is 0. The van der Waals surface area contributed by atoms with Crippen LogP contribution in [0.1, 0.15) is 20.3 Å². The fourth-order valence-electron chi connectivity index (χ4n) is 1.63. The van der Waals surface area contributed by atoms with Crippen molar-refractivity contribution >= 4 is 11.9 Å². The van der Waals surface area contributed by atoms with Gasteiger partial charge in [-0.1, -0.05) is 13.5 Å². The molecule has 0 spiro atoms. The molecule has 110 valence electrons. The molecular formula is C14H27N2O3+. The number of amides is 1. The van der Waals surface area contributed by atoms with Crippen LogP contribution >= 0.6 is 0 Å². The maximum atomic E-state index is 11.7. The number of hydrogen-bond acceptors (Lipinski definition) is 2. The van der Waals surface area contributed by atoms with E-state index >= 15 is 0 Å². The molecule has 1 amide bonds. The average Bonchev–Trinajstić information content (AvgIpc) is 2.31. The van der Waals surface area contributed by atoms with Crippen LogP contribution in [0, 0.1) is 5.92 Å². The van der Waals surface area contributed by atoms with E-state index in [1.54, 1.807) is 25.8 Å².